The maximum Gasteiger partial charge on any atom is 0.168 e. The number of rotatable bonds is 3. The van der Waals surface area contributed by atoms with Gasteiger partial charge in [-0.2, -0.15) is 0 Å². The number of aryl methyl sites for hydroxylation is 3. The number of halogens is 1. The van der Waals surface area contributed by atoms with E-state index < -0.39 is 0 Å². The Balaban J connectivity index is 2.32. The molecule has 0 heterocycles. The molecule has 0 bridgehead atoms. The summed E-state index contributed by atoms with van der Waals surface area (Å²) in [5.74, 6) is 0.155. The maximum absolute atomic E-state index is 12.4. The Labute approximate surface area is 122 Å². The van der Waals surface area contributed by atoms with E-state index in [0.29, 0.717) is 6.42 Å². The van der Waals surface area contributed by atoms with Gasteiger partial charge in [-0.3, -0.25) is 4.79 Å². The lowest BCUT2D eigenvalue weighted by Crippen LogP contribution is -2.07. The maximum atomic E-state index is 12.4. The summed E-state index contributed by atoms with van der Waals surface area (Å²) in [6.45, 7) is 6.23. The Hall–Kier alpha value is -1.41. The second kappa shape index (κ2) is 5.70. The van der Waals surface area contributed by atoms with Crippen molar-refractivity contribution in [2.75, 3.05) is 0 Å². The zero-order valence-electron chi connectivity index (χ0n) is 11.5. The standard InChI is InChI=1S/C17H17BrO/c1-11-8-12(2)15(13(3)9-11)10-17(19)14-6-4-5-7-16(14)18/h4-9H,10H2,1-3H3. The molecule has 98 valence electrons. The summed E-state index contributed by atoms with van der Waals surface area (Å²) >= 11 is 3.44. The van der Waals surface area contributed by atoms with Crippen molar-refractivity contribution in [3.8, 4) is 0 Å². The summed E-state index contributed by atoms with van der Waals surface area (Å²) in [6, 6.07) is 11.9. The van der Waals surface area contributed by atoms with Crippen LogP contribution in [0.5, 0.6) is 0 Å². The molecule has 0 aliphatic rings. The predicted octanol–water partition coefficient (Wildman–Crippen LogP) is 4.80. The summed E-state index contributed by atoms with van der Waals surface area (Å²) in [5, 5.41) is 0. The van der Waals surface area contributed by atoms with Crippen LogP contribution in [0.1, 0.15) is 32.6 Å². The van der Waals surface area contributed by atoms with E-state index in [2.05, 4.69) is 48.8 Å². The Morgan fingerprint density at radius 3 is 2.21 bits per heavy atom. The first-order valence-corrected chi connectivity index (χ1v) is 7.13. The summed E-state index contributed by atoms with van der Waals surface area (Å²) < 4.78 is 0.863. The molecular weight excluding hydrogens is 300 g/mol. The first-order valence-electron chi connectivity index (χ1n) is 6.33. The number of carbonyl (C=O) groups is 1. The predicted molar refractivity (Wildman–Crippen MR) is 82.8 cm³/mol. The first kappa shape index (κ1) is 14.0. The molecule has 2 aromatic rings. The van der Waals surface area contributed by atoms with Crippen LogP contribution in [-0.4, -0.2) is 5.78 Å². The van der Waals surface area contributed by atoms with Crippen molar-refractivity contribution in [3.63, 3.8) is 0 Å². The quantitative estimate of drug-likeness (QED) is 0.743. The van der Waals surface area contributed by atoms with E-state index in [1.165, 1.54) is 16.7 Å². The number of benzene rings is 2. The van der Waals surface area contributed by atoms with Gasteiger partial charge in [0.1, 0.15) is 0 Å². The Morgan fingerprint density at radius 1 is 1.05 bits per heavy atom. The van der Waals surface area contributed by atoms with Gasteiger partial charge in [-0.15, -0.1) is 0 Å². The van der Waals surface area contributed by atoms with Crippen LogP contribution in [0.4, 0.5) is 0 Å². The molecule has 0 spiro atoms. The van der Waals surface area contributed by atoms with Gasteiger partial charge in [0.15, 0.2) is 5.78 Å². The second-order valence-electron chi connectivity index (χ2n) is 4.96. The highest BCUT2D eigenvalue weighted by molar-refractivity contribution is 9.10. The van der Waals surface area contributed by atoms with Gasteiger partial charge in [0.2, 0.25) is 0 Å². The van der Waals surface area contributed by atoms with E-state index in [1.807, 2.05) is 24.3 Å². The van der Waals surface area contributed by atoms with Gasteiger partial charge in [-0.25, -0.2) is 0 Å². The molecule has 0 unspecified atom stereocenters. The fourth-order valence-corrected chi connectivity index (χ4v) is 2.94. The zero-order chi connectivity index (χ0) is 14.0. The fourth-order valence-electron chi connectivity index (χ4n) is 2.43. The molecule has 0 radical (unpaired) electrons. The van der Waals surface area contributed by atoms with Crippen LogP contribution >= 0.6 is 15.9 Å². The van der Waals surface area contributed by atoms with Crippen molar-refractivity contribution < 1.29 is 4.79 Å². The largest absolute Gasteiger partial charge is 0.294 e. The van der Waals surface area contributed by atoms with Crippen molar-refractivity contribution in [1.29, 1.82) is 0 Å². The van der Waals surface area contributed by atoms with Gasteiger partial charge in [0.25, 0.3) is 0 Å². The fraction of sp³-hybridized carbons (Fsp3) is 0.235. The third-order valence-corrected chi connectivity index (χ3v) is 4.04. The smallest absolute Gasteiger partial charge is 0.168 e. The zero-order valence-corrected chi connectivity index (χ0v) is 13.0. The lowest BCUT2D eigenvalue weighted by atomic mass is 9.94. The van der Waals surface area contributed by atoms with Crippen molar-refractivity contribution in [2.24, 2.45) is 0 Å². The molecule has 0 aliphatic carbocycles. The van der Waals surface area contributed by atoms with E-state index in [9.17, 15) is 4.79 Å². The third kappa shape index (κ3) is 3.13. The molecule has 2 aromatic carbocycles. The SMILES string of the molecule is Cc1cc(C)c(CC(=O)c2ccccc2Br)c(C)c1. The van der Waals surface area contributed by atoms with E-state index in [-0.39, 0.29) is 5.78 Å². The molecule has 0 saturated carbocycles. The van der Waals surface area contributed by atoms with E-state index in [4.69, 9.17) is 0 Å². The summed E-state index contributed by atoms with van der Waals surface area (Å²) in [6.07, 6.45) is 0.459. The topological polar surface area (TPSA) is 17.1 Å². The molecule has 1 nitrogen and oxygen atoms in total. The van der Waals surface area contributed by atoms with Gasteiger partial charge in [0, 0.05) is 16.5 Å². The monoisotopic (exact) mass is 316 g/mol. The van der Waals surface area contributed by atoms with Gasteiger partial charge < -0.3 is 0 Å². The minimum absolute atomic E-state index is 0.155. The molecular formula is C17H17BrO. The van der Waals surface area contributed by atoms with Gasteiger partial charge in [-0.05, 0) is 43.5 Å². The molecule has 0 fully saturated rings. The van der Waals surface area contributed by atoms with Crippen LogP contribution in [0, 0.1) is 20.8 Å². The molecule has 0 aliphatic heterocycles. The Kier molecular flexibility index (Phi) is 4.20. The van der Waals surface area contributed by atoms with Crippen LogP contribution in [0.3, 0.4) is 0 Å². The Morgan fingerprint density at radius 2 is 1.63 bits per heavy atom. The van der Waals surface area contributed by atoms with Crippen LogP contribution in [0.2, 0.25) is 0 Å². The molecule has 2 heteroatoms. The molecule has 0 N–H and O–H groups in total. The Bertz CT molecular complexity index is 606. The highest BCUT2D eigenvalue weighted by Crippen LogP contribution is 2.22. The van der Waals surface area contributed by atoms with Crippen molar-refractivity contribution in [3.05, 3.63) is 68.7 Å². The van der Waals surface area contributed by atoms with Crippen LogP contribution in [0.15, 0.2) is 40.9 Å². The number of Topliss-reactive ketones (excluding diaryl/α,β-unsaturated/α-hetero) is 1. The minimum atomic E-state index is 0.155. The summed E-state index contributed by atoms with van der Waals surface area (Å²) in [5.41, 5.74) is 5.52. The van der Waals surface area contributed by atoms with Crippen molar-refractivity contribution in [1.82, 2.24) is 0 Å². The normalized spacial score (nSPS) is 10.5. The van der Waals surface area contributed by atoms with Crippen LogP contribution in [0.25, 0.3) is 0 Å². The van der Waals surface area contributed by atoms with Crippen molar-refractivity contribution in [2.45, 2.75) is 27.2 Å². The minimum Gasteiger partial charge on any atom is -0.294 e. The van der Waals surface area contributed by atoms with Gasteiger partial charge in [-0.1, -0.05) is 51.8 Å². The van der Waals surface area contributed by atoms with Crippen LogP contribution in [-0.2, 0) is 6.42 Å². The number of hydrogen-bond donors (Lipinski definition) is 0. The molecule has 0 aromatic heterocycles. The molecule has 19 heavy (non-hydrogen) atoms. The highest BCUT2D eigenvalue weighted by Gasteiger charge is 2.13. The van der Waals surface area contributed by atoms with Gasteiger partial charge in [0.05, 0.1) is 0 Å². The lowest BCUT2D eigenvalue weighted by Gasteiger charge is -2.11. The number of hydrogen-bond acceptors (Lipinski definition) is 1. The van der Waals surface area contributed by atoms with Crippen molar-refractivity contribution >= 4 is 21.7 Å². The lowest BCUT2D eigenvalue weighted by molar-refractivity contribution is 0.0992. The molecule has 2 rings (SSSR count). The first-order chi connectivity index (χ1) is 8.99. The second-order valence-corrected chi connectivity index (χ2v) is 5.81. The van der Waals surface area contributed by atoms with E-state index >= 15 is 0 Å². The highest BCUT2D eigenvalue weighted by atomic mass is 79.9. The van der Waals surface area contributed by atoms with Crippen LogP contribution < -0.4 is 0 Å². The number of carbonyl (C=O) groups excluding carboxylic acids is 1. The van der Waals surface area contributed by atoms with Gasteiger partial charge >= 0.3 is 0 Å². The van der Waals surface area contributed by atoms with E-state index in [0.717, 1.165) is 15.6 Å². The summed E-state index contributed by atoms with van der Waals surface area (Å²) in [4.78, 5) is 12.4. The average Bonchev–Trinajstić information content (AvgIpc) is 2.34. The average molecular weight is 317 g/mol. The molecule has 0 atom stereocenters. The molecule has 0 saturated heterocycles. The summed E-state index contributed by atoms with van der Waals surface area (Å²) in [7, 11) is 0. The molecule has 0 amide bonds. The third-order valence-electron chi connectivity index (χ3n) is 3.35. The van der Waals surface area contributed by atoms with E-state index in [1.54, 1.807) is 0 Å². The number of ketones is 1.